The molecule has 0 saturated heterocycles. The van der Waals surface area contributed by atoms with Crippen molar-refractivity contribution in [1.29, 1.82) is 0 Å². The Kier molecular flexibility index (Phi) is 4.00. The van der Waals surface area contributed by atoms with Crippen LogP contribution in [0.2, 0.25) is 0 Å². The van der Waals surface area contributed by atoms with Crippen molar-refractivity contribution in [2.75, 3.05) is 20.3 Å². The zero-order valence-corrected chi connectivity index (χ0v) is 14.4. The van der Waals surface area contributed by atoms with Crippen LogP contribution in [0.3, 0.4) is 0 Å². The van der Waals surface area contributed by atoms with Crippen molar-refractivity contribution in [3.05, 3.63) is 59.7 Å². The first-order valence-electron chi connectivity index (χ1n) is 8.86. The largest absolute Gasteiger partial charge is 0.448 e. The molecule has 2 aromatic carbocycles. The number of aliphatic hydroxyl groups is 1. The van der Waals surface area contributed by atoms with Crippen molar-refractivity contribution in [3.8, 4) is 11.1 Å². The number of hydrogen-bond donors (Lipinski definition) is 1. The number of amides is 1. The second-order valence-electron chi connectivity index (χ2n) is 7.06. The molecule has 2 aliphatic rings. The summed E-state index contributed by atoms with van der Waals surface area (Å²) >= 11 is 0. The average molecular weight is 337 g/mol. The van der Waals surface area contributed by atoms with Gasteiger partial charge in [-0.05, 0) is 41.5 Å². The maximum Gasteiger partial charge on any atom is 0.409 e. The number of carbonyl (C=O) groups excluding carboxylic acids is 1. The van der Waals surface area contributed by atoms with Gasteiger partial charge in [0.2, 0.25) is 0 Å². The van der Waals surface area contributed by atoms with Crippen LogP contribution in [-0.4, -0.2) is 41.9 Å². The van der Waals surface area contributed by atoms with Crippen LogP contribution in [0.5, 0.6) is 0 Å². The zero-order chi connectivity index (χ0) is 17.4. The van der Waals surface area contributed by atoms with Gasteiger partial charge in [0.25, 0.3) is 0 Å². The predicted octanol–water partition coefficient (Wildman–Crippen LogP) is 3.78. The Bertz CT molecular complexity index is 752. The number of fused-ring (bicyclic) bond motifs is 3. The molecule has 0 unspecified atom stereocenters. The van der Waals surface area contributed by atoms with Gasteiger partial charge in [0.1, 0.15) is 6.61 Å². The highest BCUT2D eigenvalue weighted by atomic mass is 16.6. The van der Waals surface area contributed by atoms with E-state index < -0.39 is 0 Å². The number of ether oxygens (including phenoxy) is 1. The smallest absolute Gasteiger partial charge is 0.409 e. The van der Waals surface area contributed by atoms with E-state index in [1.54, 1.807) is 11.9 Å². The van der Waals surface area contributed by atoms with Crippen LogP contribution in [0, 0.1) is 0 Å². The molecule has 1 fully saturated rings. The lowest BCUT2D eigenvalue weighted by Gasteiger charge is -2.27. The first-order valence-corrected chi connectivity index (χ1v) is 8.86. The van der Waals surface area contributed by atoms with Crippen molar-refractivity contribution in [2.45, 2.75) is 30.7 Å². The third-order valence-corrected chi connectivity index (χ3v) is 5.73. The predicted molar refractivity (Wildman–Crippen MR) is 96.5 cm³/mol. The molecule has 4 heteroatoms. The lowest BCUT2D eigenvalue weighted by Crippen LogP contribution is -2.40. The number of nitrogens with zero attached hydrogens (tertiary/aromatic N) is 1. The van der Waals surface area contributed by atoms with Gasteiger partial charge >= 0.3 is 6.09 Å². The van der Waals surface area contributed by atoms with E-state index in [0.717, 1.165) is 12.8 Å². The van der Waals surface area contributed by atoms with Gasteiger partial charge in [-0.3, -0.25) is 0 Å². The summed E-state index contributed by atoms with van der Waals surface area (Å²) in [7, 11) is 1.78. The Morgan fingerprint density at radius 3 is 2.20 bits per heavy atom. The summed E-state index contributed by atoms with van der Waals surface area (Å²) in [5, 5.41) is 9.21. The molecule has 0 spiro atoms. The van der Waals surface area contributed by atoms with Crippen molar-refractivity contribution in [3.63, 3.8) is 0 Å². The van der Waals surface area contributed by atoms with Crippen LogP contribution in [0.1, 0.15) is 36.3 Å². The molecule has 0 bridgehead atoms. The molecule has 1 amide bonds. The molecule has 1 N–H and O–H groups in total. The number of rotatable bonds is 5. The Morgan fingerprint density at radius 1 is 1.12 bits per heavy atom. The highest BCUT2D eigenvalue weighted by molar-refractivity contribution is 5.79. The van der Waals surface area contributed by atoms with Gasteiger partial charge in [0.05, 0.1) is 0 Å². The van der Waals surface area contributed by atoms with Crippen LogP contribution in [0.25, 0.3) is 11.1 Å². The van der Waals surface area contributed by atoms with Crippen LogP contribution in [0.4, 0.5) is 4.79 Å². The average Bonchev–Trinajstić information content (AvgIpc) is 3.36. The molecule has 1 saturated carbocycles. The third-order valence-electron chi connectivity index (χ3n) is 5.73. The van der Waals surface area contributed by atoms with E-state index in [1.807, 2.05) is 24.3 Å². The molecule has 0 heterocycles. The number of benzene rings is 2. The quantitative estimate of drug-likeness (QED) is 0.903. The van der Waals surface area contributed by atoms with Gasteiger partial charge < -0.3 is 14.7 Å². The molecule has 2 aromatic rings. The van der Waals surface area contributed by atoms with E-state index in [0.29, 0.717) is 13.0 Å². The summed E-state index contributed by atoms with van der Waals surface area (Å²) in [5.74, 6) is 0.0812. The molecule has 0 radical (unpaired) electrons. The van der Waals surface area contributed by atoms with Crippen LogP contribution >= 0.6 is 0 Å². The molecular weight excluding hydrogens is 314 g/mol. The van der Waals surface area contributed by atoms with E-state index in [9.17, 15) is 9.90 Å². The lowest BCUT2D eigenvalue weighted by atomic mass is 9.98. The maximum absolute atomic E-state index is 12.5. The van der Waals surface area contributed by atoms with E-state index in [-0.39, 0.29) is 24.2 Å². The van der Waals surface area contributed by atoms with Crippen molar-refractivity contribution in [1.82, 2.24) is 4.90 Å². The van der Waals surface area contributed by atoms with Gasteiger partial charge in [-0.25, -0.2) is 4.79 Å². The first kappa shape index (κ1) is 16.2. The summed E-state index contributed by atoms with van der Waals surface area (Å²) < 4.78 is 5.68. The fourth-order valence-corrected chi connectivity index (χ4v) is 3.99. The topological polar surface area (TPSA) is 49.8 Å². The summed E-state index contributed by atoms with van der Waals surface area (Å²) in [5.41, 5.74) is 4.70. The summed E-state index contributed by atoms with van der Waals surface area (Å²) in [4.78, 5) is 14.2. The zero-order valence-electron chi connectivity index (χ0n) is 14.4. The van der Waals surface area contributed by atoms with Gasteiger partial charge in [-0.1, -0.05) is 48.5 Å². The van der Waals surface area contributed by atoms with Crippen LogP contribution in [-0.2, 0) is 4.74 Å². The van der Waals surface area contributed by atoms with E-state index in [1.165, 1.54) is 22.3 Å². The molecule has 0 atom stereocenters. The molecule has 4 rings (SSSR count). The van der Waals surface area contributed by atoms with Crippen LogP contribution in [0.15, 0.2) is 48.5 Å². The molecule has 2 aliphatic carbocycles. The van der Waals surface area contributed by atoms with E-state index in [4.69, 9.17) is 4.74 Å². The normalized spacial score (nSPS) is 16.9. The summed E-state index contributed by atoms with van der Waals surface area (Å²) in [6.07, 6.45) is 2.20. The highest BCUT2D eigenvalue weighted by Gasteiger charge is 2.48. The van der Waals surface area contributed by atoms with Crippen LogP contribution < -0.4 is 0 Å². The maximum atomic E-state index is 12.5. The van der Waals surface area contributed by atoms with Crippen molar-refractivity contribution in [2.24, 2.45) is 0 Å². The van der Waals surface area contributed by atoms with Gasteiger partial charge in [-0.2, -0.15) is 0 Å². The first-order chi connectivity index (χ1) is 12.2. The minimum absolute atomic E-state index is 0.0812. The standard InChI is InChI=1S/C21H23NO3/c1-22(21(10-11-21)12-13-23)20(24)25-14-19-17-8-4-2-6-15(17)16-7-3-5-9-18(16)19/h2-9,19,23H,10-14H2,1H3. The third kappa shape index (κ3) is 2.71. The summed E-state index contributed by atoms with van der Waals surface area (Å²) in [6.45, 7) is 0.438. The fraction of sp³-hybridized carbons (Fsp3) is 0.381. The van der Waals surface area contributed by atoms with Gasteiger partial charge in [0, 0.05) is 25.1 Å². The number of aliphatic hydroxyl groups excluding tert-OH is 1. The van der Waals surface area contributed by atoms with Gasteiger partial charge in [0.15, 0.2) is 0 Å². The second-order valence-corrected chi connectivity index (χ2v) is 7.06. The van der Waals surface area contributed by atoms with Gasteiger partial charge in [-0.15, -0.1) is 0 Å². The second kappa shape index (κ2) is 6.19. The Morgan fingerprint density at radius 2 is 1.68 bits per heavy atom. The minimum Gasteiger partial charge on any atom is -0.448 e. The SMILES string of the molecule is CN(C(=O)OCC1c2ccccc2-c2ccccc21)C1(CCO)CC1. The summed E-state index contributed by atoms with van der Waals surface area (Å²) in [6, 6.07) is 16.6. The molecular formula is C21H23NO3. The Labute approximate surface area is 148 Å². The molecule has 0 aliphatic heterocycles. The molecule has 4 nitrogen and oxygen atoms in total. The fourth-order valence-electron chi connectivity index (χ4n) is 3.99. The van der Waals surface area contributed by atoms with Crippen molar-refractivity contribution < 1.29 is 14.6 Å². The number of carbonyl (C=O) groups is 1. The minimum atomic E-state index is -0.298. The monoisotopic (exact) mass is 337 g/mol. The van der Waals surface area contributed by atoms with Crippen molar-refractivity contribution >= 4 is 6.09 Å². The highest BCUT2D eigenvalue weighted by Crippen LogP contribution is 2.46. The Hall–Kier alpha value is -2.33. The van der Waals surface area contributed by atoms with E-state index >= 15 is 0 Å². The molecule has 25 heavy (non-hydrogen) atoms. The molecule has 130 valence electrons. The van der Waals surface area contributed by atoms with E-state index in [2.05, 4.69) is 24.3 Å². The number of hydrogen-bond acceptors (Lipinski definition) is 3. The molecule has 0 aromatic heterocycles. The Balaban J connectivity index is 1.51. The lowest BCUT2D eigenvalue weighted by molar-refractivity contribution is 0.0829.